The molecule has 1 N–H and O–H groups in total. The molecule has 1 amide bonds. The molecule has 0 aromatic carbocycles. The van der Waals surface area contributed by atoms with Crippen LogP contribution >= 0.6 is 0 Å². The quantitative estimate of drug-likeness (QED) is 0.690. The Hall–Kier alpha value is -1.52. The molecule has 1 saturated carbocycles. The van der Waals surface area contributed by atoms with Crippen LogP contribution in [0.3, 0.4) is 0 Å². The van der Waals surface area contributed by atoms with Gasteiger partial charge in [0.25, 0.3) is 0 Å². The summed E-state index contributed by atoms with van der Waals surface area (Å²) < 4.78 is 0. The molecule has 2 atom stereocenters. The van der Waals surface area contributed by atoms with Gasteiger partial charge in [0.1, 0.15) is 6.04 Å². The van der Waals surface area contributed by atoms with E-state index >= 15 is 0 Å². The minimum absolute atomic E-state index is 0.0427. The number of nitrogens with one attached hydrogen (secondary N) is 1. The van der Waals surface area contributed by atoms with E-state index in [0.717, 1.165) is 19.3 Å². The first-order chi connectivity index (χ1) is 7.76. The van der Waals surface area contributed by atoms with Crippen LogP contribution in [0.15, 0.2) is 0 Å². The molecule has 0 aromatic rings. The lowest BCUT2D eigenvalue weighted by molar-refractivity contribution is -0.131. The van der Waals surface area contributed by atoms with Gasteiger partial charge in [-0.2, -0.15) is 5.26 Å². The van der Waals surface area contributed by atoms with Crippen LogP contribution in [0.4, 0.5) is 0 Å². The normalized spacial score (nSPS) is 28.5. The SMILES string of the molecule is C#C[C@H]1CC[C@H](C#N)N1C(=O)CNC1CC1. The molecule has 0 aromatic heterocycles. The number of carbonyl (C=O) groups is 1. The maximum atomic E-state index is 11.9. The van der Waals surface area contributed by atoms with Gasteiger partial charge >= 0.3 is 0 Å². The molecule has 4 heteroatoms. The molecule has 4 nitrogen and oxygen atoms in total. The van der Waals surface area contributed by atoms with Gasteiger partial charge < -0.3 is 10.2 Å². The molecule has 0 bridgehead atoms. The molecule has 1 aliphatic heterocycles. The van der Waals surface area contributed by atoms with Gasteiger partial charge in [-0.05, 0) is 25.7 Å². The number of hydrogen-bond acceptors (Lipinski definition) is 3. The Morgan fingerprint density at radius 3 is 2.62 bits per heavy atom. The van der Waals surface area contributed by atoms with Crippen molar-refractivity contribution in [3.63, 3.8) is 0 Å². The highest BCUT2D eigenvalue weighted by atomic mass is 16.2. The lowest BCUT2D eigenvalue weighted by atomic mass is 10.2. The Balaban J connectivity index is 1.95. The van der Waals surface area contributed by atoms with Gasteiger partial charge in [0.2, 0.25) is 5.91 Å². The zero-order valence-corrected chi connectivity index (χ0v) is 9.15. The third kappa shape index (κ3) is 2.18. The smallest absolute Gasteiger partial charge is 0.238 e. The van der Waals surface area contributed by atoms with Crippen LogP contribution in [-0.2, 0) is 4.79 Å². The van der Waals surface area contributed by atoms with Crippen LogP contribution < -0.4 is 5.32 Å². The number of terminal acetylenes is 1. The Morgan fingerprint density at radius 2 is 2.06 bits per heavy atom. The number of amides is 1. The average Bonchev–Trinajstić information content (AvgIpc) is 3.03. The molecular formula is C12H15N3O. The summed E-state index contributed by atoms with van der Waals surface area (Å²) in [5.74, 6) is 2.55. The highest BCUT2D eigenvalue weighted by Crippen LogP contribution is 2.24. The largest absolute Gasteiger partial charge is 0.312 e. The summed E-state index contributed by atoms with van der Waals surface area (Å²) in [5.41, 5.74) is 0. The number of hydrogen-bond donors (Lipinski definition) is 1. The van der Waals surface area contributed by atoms with E-state index in [0.29, 0.717) is 19.0 Å². The van der Waals surface area contributed by atoms with E-state index in [2.05, 4.69) is 17.3 Å². The first kappa shape index (κ1) is 11.0. The predicted octanol–water partition coefficient (Wildman–Crippen LogP) is 0.255. The van der Waals surface area contributed by atoms with E-state index in [1.807, 2.05) is 0 Å². The molecule has 2 aliphatic rings. The van der Waals surface area contributed by atoms with E-state index in [4.69, 9.17) is 11.7 Å². The zero-order valence-electron chi connectivity index (χ0n) is 9.15. The second-order valence-electron chi connectivity index (χ2n) is 4.36. The van der Waals surface area contributed by atoms with Crippen molar-refractivity contribution in [1.82, 2.24) is 10.2 Å². The van der Waals surface area contributed by atoms with Crippen LogP contribution in [0.5, 0.6) is 0 Å². The molecule has 0 unspecified atom stereocenters. The molecule has 0 radical (unpaired) electrons. The third-order valence-electron chi connectivity index (χ3n) is 3.13. The monoisotopic (exact) mass is 217 g/mol. The van der Waals surface area contributed by atoms with Crippen LogP contribution in [0.2, 0.25) is 0 Å². The molecule has 0 spiro atoms. The van der Waals surface area contributed by atoms with Crippen molar-refractivity contribution in [2.24, 2.45) is 0 Å². The minimum Gasteiger partial charge on any atom is -0.312 e. The fraction of sp³-hybridized carbons (Fsp3) is 0.667. The number of rotatable bonds is 3. The first-order valence-electron chi connectivity index (χ1n) is 5.66. The van der Waals surface area contributed by atoms with Crippen LogP contribution in [-0.4, -0.2) is 35.5 Å². The van der Waals surface area contributed by atoms with Gasteiger partial charge in [0.15, 0.2) is 0 Å². The van der Waals surface area contributed by atoms with E-state index < -0.39 is 0 Å². The van der Waals surface area contributed by atoms with Crippen molar-refractivity contribution in [3.05, 3.63) is 0 Å². The summed E-state index contributed by atoms with van der Waals surface area (Å²) in [6, 6.07) is 2.11. The predicted molar refractivity (Wildman–Crippen MR) is 59.1 cm³/mol. The molecule has 2 rings (SSSR count). The summed E-state index contributed by atoms with van der Waals surface area (Å²) >= 11 is 0. The Labute approximate surface area is 95.6 Å². The number of carbonyl (C=O) groups excluding carboxylic acids is 1. The van der Waals surface area contributed by atoms with Gasteiger partial charge in [-0.15, -0.1) is 6.42 Å². The van der Waals surface area contributed by atoms with Gasteiger partial charge in [-0.25, -0.2) is 0 Å². The maximum absolute atomic E-state index is 11.9. The maximum Gasteiger partial charge on any atom is 0.238 e. The summed E-state index contributed by atoms with van der Waals surface area (Å²) in [4.78, 5) is 13.5. The van der Waals surface area contributed by atoms with Crippen molar-refractivity contribution in [1.29, 1.82) is 5.26 Å². The summed E-state index contributed by atoms with van der Waals surface area (Å²) in [5, 5.41) is 12.1. The highest BCUT2D eigenvalue weighted by molar-refractivity contribution is 5.80. The Kier molecular flexibility index (Phi) is 3.12. The van der Waals surface area contributed by atoms with Crippen molar-refractivity contribution in [3.8, 4) is 18.4 Å². The minimum atomic E-state index is -0.338. The standard InChI is InChI=1S/C12H15N3O/c1-2-10-5-6-11(7-13)15(10)12(16)8-14-9-3-4-9/h1,9-11,14H,3-6,8H2/t10-,11+/m0/s1. The van der Waals surface area contributed by atoms with Gasteiger partial charge in [-0.1, -0.05) is 5.92 Å². The molecule has 16 heavy (non-hydrogen) atoms. The van der Waals surface area contributed by atoms with Crippen LogP contribution in [0, 0.1) is 23.7 Å². The fourth-order valence-electron chi connectivity index (χ4n) is 2.06. The summed E-state index contributed by atoms with van der Waals surface area (Å²) in [6.07, 6.45) is 9.10. The van der Waals surface area contributed by atoms with E-state index in [1.165, 1.54) is 0 Å². The highest BCUT2D eigenvalue weighted by Gasteiger charge is 2.36. The fourth-order valence-corrected chi connectivity index (χ4v) is 2.06. The molecular weight excluding hydrogens is 202 g/mol. The zero-order chi connectivity index (χ0) is 11.5. The Morgan fingerprint density at radius 1 is 1.38 bits per heavy atom. The van der Waals surface area contributed by atoms with E-state index in [9.17, 15) is 4.79 Å². The second kappa shape index (κ2) is 4.55. The van der Waals surface area contributed by atoms with Crippen molar-refractivity contribution in [2.75, 3.05) is 6.54 Å². The molecule has 2 fully saturated rings. The van der Waals surface area contributed by atoms with Gasteiger partial charge in [-0.3, -0.25) is 4.79 Å². The van der Waals surface area contributed by atoms with Crippen molar-refractivity contribution < 1.29 is 4.79 Å². The number of nitrogens with zero attached hydrogens (tertiary/aromatic N) is 2. The molecule has 1 heterocycles. The molecule has 1 aliphatic carbocycles. The third-order valence-corrected chi connectivity index (χ3v) is 3.13. The topological polar surface area (TPSA) is 56.1 Å². The van der Waals surface area contributed by atoms with Crippen molar-refractivity contribution >= 4 is 5.91 Å². The van der Waals surface area contributed by atoms with E-state index in [-0.39, 0.29) is 18.0 Å². The Bertz CT molecular complexity index is 339. The summed E-state index contributed by atoms with van der Waals surface area (Å²) in [6.45, 7) is 0.307. The van der Waals surface area contributed by atoms with E-state index in [1.54, 1.807) is 4.90 Å². The second-order valence-corrected chi connectivity index (χ2v) is 4.36. The molecule has 84 valence electrons. The molecule has 1 saturated heterocycles. The summed E-state index contributed by atoms with van der Waals surface area (Å²) in [7, 11) is 0. The first-order valence-corrected chi connectivity index (χ1v) is 5.66. The number of likely N-dealkylation sites (tertiary alicyclic amines) is 1. The van der Waals surface area contributed by atoms with Crippen LogP contribution in [0.1, 0.15) is 25.7 Å². The lowest BCUT2D eigenvalue weighted by Gasteiger charge is -2.24. The number of nitriles is 1. The lowest BCUT2D eigenvalue weighted by Crippen LogP contribution is -2.45. The van der Waals surface area contributed by atoms with Crippen LogP contribution in [0.25, 0.3) is 0 Å². The average molecular weight is 217 g/mol. The van der Waals surface area contributed by atoms with Gasteiger partial charge in [0, 0.05) is 6.04 Å². The van der Waals surface area contributed by atoms with Crippen molar-refractivity contribution in [2.45, 2.75) is 43.8 Å². The van der Waals surface area contributed by atoms with Gasteiger partial charge in [0.05, 0.1) is 18.7 Å².